The van der Waals surface area contributed by atoms with Gasteiger partial charge in [0.15, 0.2) is 5.82 Å². The van der Waals surface area contributed by atoms with E-state index in [2.05, 4.69) is 40.6 Å². The molecule has 4 nitrogen and oxygen atoms in total. The summed E-state index contributed by atoms with van der Waals surface area (Å²) in [6, 6.07) is 8.42. The van der Waals surface area contributed by atoms with Crippen LogP contribution in [-0.4, -0.2) is 15.9 Å². The third kappa shape index (κ3) is 2.22. The Labute approximate surface area is 110 Å². The number of aromatic nitrogens is 2. The van der Waals surface area contributed by atoms with Gasteiger partial charge in [0.25, 0.3) is 0 Å². The summed E-state index contributed by atoms with van der Waals surface area (Å²) < 4.78 is 5.34. The normalized spacial score (nSPS) is 17.5. The Kier molecular flexibility index (Phi) is 3.23. The van der Waals surface area contributed by atoms with Crippen molar-refractivity contribution in [3.05, 3.63) is 41.5 Å². The van der Waals surface area contributed by atoms with Gasteiger partial charge in [0.2, 0.25) is 5.89 Å². The molecular weight excluding hydrogens is 246 g/mol. The van der Waals surface area contributed by atoms with Crippen molar-refractivity contribution in [2.45, 2.75) is 25.1 Å². The Morgan fingerprint density at radius 3 is 3.17 bits per heavy atom. The van der Waals surface area contributed by atoms with Gasteiger partial charge in [-0.25, -0.2) is 0 Å². The van der Waals surface area contributed by atoms with Crippen molar-refractivity contribution in [3.63, 3.8) is 0 Å². The molecule has 0 saturated carbocycles. The molecule has 1 aromatic heterocycles. The number of hydrogen-bond donors (Lipinski definition) is 1. The van der Waals surface area contributed by atoms with Crippen molar-refractivity contribution in [1.82, 2.24) is 10.1 Å². The second kappa shape index (κ2) is 5.02. The molecule has 0 fully saturated rings. The monoisotopic (exact) mass is 261 g/mol. The number of rotatable bonds is 4. The maximum atomic E-state index is 5.34. The van der Waals surface area contributed by atoms with Gasteiger partial charge in [0, 0.05) is 12.1 Å². The molecule has 1 aliphatic heterocycles. The van der Waals surface area contributed by atoms with Crippen LogP contribution in [0.25, 0.3) is 0 Å². The molecule has 0 amide bonds. The van der Waals surface area contributed by atoms with Crippen LogP contribution < -0.4 is 5.32 Å². The van der Waals surface area contributed by atoms with E-state index in [-0.39, 0.29) is 6.04 Å². The van der Waals surface area contributed by atoms with Gasteiger partial charge in [-0.05, 0) is 17.4 Å². The number of hydrogen-bond acceptors (Lipinski definition) is 5. The smallest absolute Gasteiger partial charge is 0.249 e. The summed E-state index contributed by atoms with van der Waals surface area (Å²) in [5, 5.41) is 7.43. The van der Waals surface area contributed by atoms with Gasteiger partial charge in [-0.2, -0.15) is 16.7 Å². The highest BCUT2D eigenvalue weighted by Crippen LogP contribution is 2.33. The fourth-order valence-corrected chi connectivity index (χ4v) is 2.61. The minimum Gasteiger partial charge on any atom is -0.373 e. The highest BCUT2D eigenvalue weighted by atomic mass is 32.2. The van der Waals surface area contributed by atoms with Crippen LogP contribution in [0.3, 0.4) is 0 Å². The predicted molar refractivity (Wildman–Crippen MR) is 72.6 cm³/mol. The van der Waals surface area contributed by atoms with Crippen LogP contribution in [0.15, 0.2) is 28.8 Å². The highest BCUT2D eigenvalue weighted by molar-refractivity contribution is 7.98. The Bertz CT molecular complexity index is 516. The number of nitrogens with zero attached hydrogens (tertiary/aromatic N) is 2. The summed E-state index contributed by atoms with van der Waals surface area (Å²) in [6.45, 7) is 2.13. The summed E-state index contributed by atoms with van der Waals surface area (Å²) in [6.07, 6.45) is 0.915. The molecule has 1 N–H and O–H groups in total. The quantitative estimate of drug-likeness (QED) is 0.916. The number of thioether (sulfide) groups is 1. The molecule has 0 radical (unpaired) electrons. The van der Waals surface area contributed by atoms with Gasteiger partial charge in [-0.1, -0.05) is 30.3 Å². The van der Waals surface area contributed by atoms with Crippen LogP contribution in [0.2, 0.25) is 0 Å². The van der Waals surface area contributed by atoms with E-state index in [1.165, 1.54) is 11.3 Å². The second-order valence-electron chi connectivity index (χ2n) is 4.24. The first-order chi connectivity index (χ1) is 8.86. The van der Waals surface area contributed by atoms with Crippen molar-refractivity contribution in [3.8, 4) is 0 Å². The molecular formula is C13H15N3OS. The molecule has 94 valence electrons. The van der Waals surface area contributed by atoms with Crippen LogP contribution >= 0.6 is 11.8 Å². The molecule has 0 unspecified atom stereocenters. The van der Waals surface area contributed by atoms with E-state index in [4.69, 9.17) is 4.52 Å². The summed E-state index contributed by atoms with van der Waals surface area (Å²) in [7, 11) is 0. The number of anilines is 1. The summed E-state index contributed by atoms with van der Waals surface area (Å²) in [5.41, 5.74) is 2.48. The van der Waals surface area contributed by atoms with Crippen LogP contribution in [-0.2, 0) is 12.2 Å². The van der Waals surface area contributed by atoms with Gasteiger partial charge in [-0.15, -0.1) is 0 Å². The summed E-state index contributed by atoms with van der Waals surface area (Å²) in [4.78, 5) is 4.45. The lowest BCUT2D eigenvalue weighted by atomic mass is 10.1. The SMILES string of the molecule is CCSCc1noc([C@@H]2Cc3ccccc3N2)n1. The van der Waals surface area contributed by atoms with Crippen molar-refractivity contribution in [2.75, 3.05) is 11.1 Å². The lowest BCUT2D eigenvalue weighted by Gasteiger charge is -2.04. The first-order valence-corrected chi connectivity index (χ1v) is 7.27. The van der Waals surface area contributed by atoms with Crippen molar-refractivity contribution < 1.29 is 4.52 Å². The number of nitrogens with one attached hydrogen (secondary N) is 1. The second-order valence-corrected chi connectivity index (χ2v) is 5.52. The molecule has 1 aliphatic rings. The lowest BCUT2D eigenvalue weighted by Crippen LogP contribution is -2.06. The molecule has 1 aromatic carbocycles. The zero-order valence-electron chi connectivity index (χ0n) is 10.2. The topological polar surface area (TPSA) is 51.0 Å². The van der Waals surface area contributed by atoms with Crippen LogP contribution in [0.5, 0.6) is 0 Å². The molecule has 0 aliphatic carbocycles. The molecule has 0 bridgehead atoms. The Morgan fingerprint density at radius 1 is 1.44 bits per heavy atom. The van der Waals surface area contributed by atoms with Crippen molar-refractivity contribution in [2.24, 2.45) is 0 Å². The number of benzene rings is 1. The van der Waals surface area contributed by atoms with Crippen LogP contribution in [0.1, 0.15) is 30.2 Å². The fraction of sp³-hybridized carbons (Fsp3) is 0.385. The largest absolute Gasteiger partial charge is 0.373 e. The molecule has 5 heteroatoms. The molecule has 1 atom stereocenters. The lowest BCUT2D eigenvalue weighted by molar-refractivity contribution is 0.360. The van der Waals surface area contributed by atoms with Crippen molar-refractivity contribution >= 4 is 17.4 Å². The van der Waals surface area contributed by atoms with E-state index in [0.717, 1.165) is 23.8 Å². The minimum atomic E-state index is 0.121. The average molecular weight is 261 g/mol. The first-order valence-electron chi connectivity index (χ1n) is 6.11. The molecule has 0 saturated heterocycles. The highest BCUT2D eigenvalue weighted by Gasteiger charge is 2.26. The Hall–Kier alpha value is -1.49. The minimum absolute atomic E-state index is 0.121. The van der Waals surface area contributed by atoms with E-state index in [9.17, 15) is 0 Å². The molecule has 2 heterocycles. The maximum Gasteiger partial charge on any atom is 0.249 e. The molecule has 18 heavy (non-hydrogen) atoms. The maximum absolute atomic E-state index is 5.34. The van der Waals surface area contributed by atoms with Crippen molar-refractivity contribution in [1.29, 1.82) is 0 Å². The summed E-state index contributed by atoms with van der Waals surface area (Å²) >= 11 is 1.80. The molecule has 3 rings (SSSR count). The van der Waals surface area contributed by atoms with Gasteiger partial charge < -0.3 is 9.84 Å². The Balaban J connectivity index is 1.72. The molecule has 0 spiro atoms. The third-order valence-corrected chi connectivity index (χ3v) is 3.86. The predicted octanol–water partition coefficient (Wildman–Crippen LogP) is 3.03. The zero-order valence-corrected chi connectivity index (χ0v) is 11.0. The van der Waals surface area contributed by atoms with Gasteiger partial charge in [0.05, 0.1) is 5.75 Å². The third-order valence-electron chi connectivity index (χ3n) is 2.99. The van der Waals surface area contributed by atoms with E-state index >= 15 is 0 Å². The first kappa shape index (κ1) is 11.6. The fourth-order valence-electron chi connectivity index (χ4n) is 2.11. The average Bonchev–Trinajstić information content (AvgIpc) is 3.02. The summed E-state index contributed by atoms with van der Waals surface area (Å²) in [5.74, 6) is 3.36. The van der Waals surface area contributed by atoms with Gasteiger partial charge >= 0.3 is 0 Å². The van der Waals surface area contributed by atoms with E-state index in [1.807, 2.05) is 6.07 Å². The van der Waals surface area contributed by atoms with Gasteiger partial charge in [0.1, 0.15) is 6.04 Å². The number of fused-ring (bicyclic) bond motifs is 1. The van der Waals surface area contributed by atoms with Crippen LogP contribution in [0.4, 0.5) is 5.69 Å². The van der Waals surface area contributed by atoms with E-state index < -0.39 is 0 Å². The number of para-hydroxylation sites is 1. The van der Waals surface area contributed by atoms with E-state index in [1.54, 1.807) is 11.8 Å². The Morgan fingerprint density at radius 2 is 2.33 bits per heavy atom. The zero-order chi connectivity index (χ0) is 12.4. The van der Waals surface area contributed by atoms with Gasteiger partial charge in [-0.3, -0.25) is 0 Å². The van der Waals surface area contributed by atoms with E-state index in [0.29, 0.717) is 5.89 Å². The standard InChI is InChI=1S/C13H15N3OS/c1-2-18-8-12-15-13(17-16-12)11-7-9-5-3-4-6-10(9)14-11/h3-6,11,14H,2,7-8H2,1H3/t11-/m0/s1. The van der Waals surface area contributed by atoms with Crippen LogP contribution in [0, 0.1) is 0 Å². The molecule has 2 aromatic rings.